The van der Waals surface area contributed by atoms with E-state index in [1.807, 2.05) is 29.7 Å². The van der Waals surface area contributed by atoms with Gasteiger partial charge in [0.05, 0.1) is 5.69 Å². The lowest BCUT2D eigenvalue weighted by molar-refractivity contribution is 0.290. The number of benzene rings is 1. The van der Waals surface area contributed by atoms with Crippen molar-refractivity contribution in [2.45, 2.75) is 12.6 Å². The highest BCUT2D eigenvalue weighted by atomic mass is 16.5. The first-order chi connectivity index (χ1) is 11.2. The van der Waals surface area contributed by atoms with Crippen LogP contribution in [0.4, 0.5) is 5.82 Å². The number of nitrogens with one attached hydrogen (secondary N) is 1. The van der Waals surface area contributed by atoms with Gasteiger partial charge in [-0.25, -0.2) is 4.79 Å². The molecule has 7 heteroatoms. The molecule has 4 rings (SSSR count). The average Bonchev–Trinajstić information content (AvgIpc) is 2.97. The molecule has 0 radical (unpaired) electrons. The van der Waals surface area contributed by atoms with E-state index in [-0.39, 0.29) is 5.82 Å². The third-order valence-corrected chi connectivity index (χ3v) is 4.87. The van der Waals surface area contributed by atoms with Gasteiger partial charge in [0.25, 0.3) is 0 Å². The SMILES string of the molecule is NC1C2CN(Cc3ccc(-n4ccc(NO)nc4=O)cc3)CC12. The molecular formula is C16H19N5O2. The van der Waals surface area contributed by atoms with E-state index < -0.39 is 5.69 Å². The molecule has 1 saturated heterocycles. The number of anilines is 1. The summed E-state index contributed by atoms with van der Waals surface area (Å²) in [4.78, 5) is 18.1. The average molecular weight is 313 g/mol. The Bertz CT molecular complexity index is 761. The molecule has 120 valence electrons. The molecule has 2 aliphatic rings. The lowest BCUT2D eigenvalue weighted by Gasteiger charge is -2.18. The van der Waals surface area contributed by atoms with E-state index >= 15 is 0 Å². The topological polar surface area (TPSA) is 96.4 Å². The van der Waals surface area contributed by atoms with E-state index in [2.05, 4.69) is 9.88 Å². The molecule has 2 aromatic rings. The molecule has 7 nitrogen and oxygen atoms in total. The standard InChI is InChI=1S/C16H19N5O2/c17-15-12-8-20(9-13(12)15)7-10-1-3-11(4-2-10)21-6-5-14(19-23)18-16(21)22/h1-6,12-13,15,23H,7-9,17H2,(H,18,19,22). The fourth-order valence-electron chi connectivity index (χ4n) is 3.47. The molecule has 1 saturated carbocycles. The van der Waals surface area contributed by atoms with Crippen molar-refractivity contribution in [3.8, 4) is 5.69 Å². The van der Waals surface area contributed by atoms with Gasteiger partial charge in [0, 0.05) is 31.9 Å². The Morgan fingerprint density at radius 2 is 1.91 bits per heavy atom. The van der Waals surface area contributed by atoms with Crippen molar-refractivity contribution >= 4 is 5.82 Å². The Hall–Kier alpha value is -2.22. The predicted molar refractivity (Wildman–Crippen MR) is 85.5 cm³/mol. The fraction of sp³-hybridized carbons (Fsp3) is 0.375. The number of likely N-dealkylation sites (tertiary alicyclic amines) is 1. The van der Waals surface area contributed by atoms with Gasteiger partial charge in [0.1, 0.15) is 0 Å². The fourth-order valence-corrected chi connectivity index (χ4v) is 3.47. The Kier molecular flexibility index (Phi) is 3.41. The number of hydrogen-bond acceptors (Lipinski definition) is 6. The van der Waals surface area contributed by atoms with Crippen LogP contribution in [0.15, 0.2) is 41.3 Å². The third-order valence-electron chi connectivity index (χ3n) is 4.87. The molecule has 2 heterocycles. The number of piperidine rings is 1. The second-order valence-corrected chi connectivity index (χ2v) is 6.34. The van der Waals surface area contributed by atoms with Crippen LogP contribution in [-0.4, -0.2) is 38.8 Å². The van der Waals surface area contributed by atoms with Crippen molar-refractivity contribution in [3.05, 3.63) is 52.6 Å². The zero-order valence-electron chi connectivity index (χ0n) is 12.6. The summed E-state index contributed by atoms with van der Waals surface area (Å²) in [6.45, 7) is 3.10. The number of nitrogens with two attached hydrogens (primary N) is 1. The summed E-state index contributed by atoms with van der Waals surface area (Å²) in [7, 11) is 0. The van der Waals surface area contributed by atoms with Gasteiger partial charge in [-0.3, -0.25) is 20.2 Å². The molecule has 2 unspecified atom stereocenters. The van der Waals surface area contributed by atoms with Crippen LogP contribution in [0.2, 0.25) is 0 Å². The third kappa shape index (κ3) is 2.63. The van der Waals surface area contributed by atoms with Crippen LogP contribution in [0.1, 0.15) is 5.56 Å². The van der Waals surface area contributed by atoms with Crippen LogP contribution in [0.25, 0.3) is 5.69 Å². The van der Waals surface area contributed by atoms with E-state index in [9.17, 15) is 4.79 Å². The Morgan fingerprint density at radius 3 is 2.52 bits per heavy atom. The summed E-state index contributed by atoms with van der Waals surface area (Å²) in [5.74, 6) is 1.52. The van der Waals surface area contributed by atoms with Crippen molar-refractivity contribution in [3.63, 3.8) is 0 Å². The second-order valence-electron chi connectivity index (χ2n) is 6.34. The van der Waals surface area contributed by atoms with Crippen molar-refractivity contribution in [1.29, 1.82) is 0 Å². The highest BCUT2D eigenvalue weighted by Crippen LogP contribution is 2.44. The van der Waals surface area contributed by atoms with Crippen molar-refractivity contribution < 1.29 is 5.21 Å². The number of rotatable bonds is 4. The monoisotopic (exact) mass is 313 g/mol. The molecule has 4 N–H and O–H groups in total. The zero-order valence-corrected chi connectivity index (χ0v) is 12.6. The van der Waals surface area contributed by atoms with Gasteiger partial charge >= 0.3 is 5.69 Å². The van der Waals surface area contributed by atoms with E-state index in [4.69, 9.17) is 10.9 Å². The molecule has 1 aliphatic heterocycles. The molecule has 23 heavy (non-hydrogen) atoms. The van der Waals surface area contributed by atoms with Gasteiger partial charge in [-0.2, -0.15) is 4.98 Å². The Balaban J connectivity index is 1.47. The Labute approximate surface area is 133 Å². The lowest BCUT2D eigenvalue weighted by Crippen LogP contribution is -2.27. The predicted octanol–water partition coefficient (Wildman–Crippen LogP) is 0.422. The molecule has 1 aliphatic carbocycles. The zero-order chi connectivity index (χ0) is 16.0. The maximum atomic E-state index is 11.9. The van der Waals surface area contributed by atoms with E-state index in [1.165, 1.54) is 16.2 Å². The lowest BCUT2D eigenvalue weighted by atomic mass is 10.2. The number of hydrogen-bond donors (Lipinski definition) is 3. The first-order valence-electron chi connectivity index (χ1n) is 7.73. The number of fused-ring (bicyclic) bond motifs is 1. The highest BCUT2D eigenvalue weighted by molar-refractivity contribution is 5.37. The maximum absolute atomic E-state index is 11.9. The molecule has 1 aromatic heterocycles. The van der Waals surface area contributed by atoms with Crippen molar-refractivity contribution in [1.82, 2.24) is 14.5 Å². The van der Waals surface area contributed by atoms with Crippen molar-refractivity contribution in [2.75, 3.05) is 18.6 Å². The normalized spacial score (nSPS) is 26.1. The summed E-state index contributed by atoms with van der Waals surface area (Å²) >= 11 is 0. The van der Waals surface area contributed by atoms with Crippen LogP contribution < -0.4 is 16.9 Å². The molecule has 0 bridgehead atoms. The summed E-state index contributed by atoms with van der Waals surface area (Å²) < 4.78 is 1.44. The quantitative estimate of drug-likeness (QED) is 0.708. The van der Waals surface area contributed by atoms with Gasteiger partial charge in [0.2, 0.25) is 0 Å². The van der Waals surface area contributed by atoms with E-state index in [0.29, 0.717) is 17.9 Å². The molecule has 1 aromatic carbocycles. The van der Waals surface area contributed by atoms with Crippen LogP contribution in [-0.2, 0) is 6.54 Å². The highest BCUT2D eigenvalue weighted by Gasteiger charge is 2.53. The largest absolute Gasteiger partial charge is 0.354 e. The maximum Gasteiger partial charge on any atom is 0.354 e. The minimum absolute atomic E-state index is 0.133. The molecular weight excluding hydrogens is 294 g/mol. The molecule has 0 spiro atoms. The van der Waals surface area contributed by atoms with Gasteiger partial charge in [-0.1, -0.05) is 12.1 Å². The van der Waals surface area contributed by atoms with E-state index in [0.717, 1.165) is 25.3 Å². The second kappa shape index (κ2) is 5.45. The first kappa shape index (κ1) is 14.4. The van der Waals surface area contributed by atoms with Crippen molar-refractivity contribution in [2.24, 2.45) is 17.6 Å². The minimum Gasteiger partial charge on any atom is -0.327 e. The molecule has 2 atom stereocenters. The number of aromatic nitrogens is 2. The van der Waals surface area contributed by atoms with E-state index in [1.54, 1.807) is 6.20 Å². The smallest absolute Gasteiger partial charge is 0.327 e. The van der Waals surface area contributed by atoms with Crippen LogP contribution >= 0.6 is 0 Å². The summed E-state index contributed by atoms with van der Waals surface area (Å²) in [5, 5.41) is 8.76. The van der Waals surface area contributed by atoms with Gasteiger partial charge < -0.3 is 5.73 Å². The van der Waals surface area contributed by atoms with Gasteiger partial charge in [-0.05, 0) is 35.6 Å². The summed E-state index contributed by atoms with van der Waals surface area (Å²) in [6, 6.07) is 9.84. The number of nitrogens with zero attached hydrogens (tertiary/aromatic N) is 3. The minimum atomic E-state index is -0.439. The summed E-state index contributed by atoms with van der Waals surface area (Å²) in [5.41, 5.74) is 9.36. The summed E-state index contributed by atoms with van der Waals surface area (Å²) in [6.07, 6.45) is 1.58. The van der Waals surface area contributed by atoms with Crippen LogP contribution in [0.5, 0.6) is 0 Å². The molecule has 0 amide bonds. The molecule has 2 fully saturated rings. The van der Waals surface area contributed by atoms with Gasteiger partial charge in [-0.15, -0.1) is 0 Å². The first-order valence-corrected chi connectivity index (χ1v) is 7.73. The Morgan fingerprint density at radius 1 is 1.22 bits per heavy atom. The van der Waals surface area contributed by atoms with Crippen LogP contribution in [0, 0.1) is 11.8 Å². The van der Waals surface area contributed by atoms with Gasteiger partial charge in [0.15, 0.2) is 5.82 Å². The van der Waals surface area contributed by atoms with Crippen LogP contribution in [0.3, 0.4) is 0 Å².